The van der Waals surface area contributed by atoms with Crippen LogP contribution in [0.5, 0.6) is 0 Å². The maximum Gasteiger partial charge on any atom is 0.208 e. The highest BCUT2D eigenvalue weighted by molar-refractivity contribution is 7.88. The Labute approximate surface area is 80.4 Å². The van der Waals surface area contributed by atoms with Crippen molar-refractivity contribution < 1.29 is 13.5 Å². The predicted octanol–water partition coefficient (Wildman–Crippen LogP) is 0.333. The van der Waals surface area contributed by atoms with E-state index in [4.69, 9.17) is 0 Å². The Hall–Kier alpha value is -0.130. The Morgan fingerprint density at radius 3 is 2.15 bits per heavy atom. The van der Waals surface area contributed by atoms with Crippen LogP contribution in [0.15, 0.2) is 0 Å². The quantitative estimate of drug-likeness (QED) is 0.701. The Bertz CT molecular complexity index is 241. The summed E-state index contributed by atoms with van der Waals surface area (Å²) in [4.78, 5) is 0. The van der Waals surface area contributed by atoms with Crippen LogP contribution in [0.25, 0.3) is 0 Å². The molecule has 0 fully saturated rings. The van der Waals surface area contributed by atoms with E-state index < -0.39 is 16.1 Å². The predicted molar refractivity (Wildman–Crippen MR) is 52.9 cm³/mol. The lowest BCUT2D eigenvalue weighted by Crippen LogP contribution is -2.32. The van der Waals surface area contributed by atoms with Gasteiger partial charge in [-0.2, -0.15) is 0 Å². The Kier molecular flexibility index (Phi) is 4.35. The van der Waals surface area contributed by atoms with E-state index in [0.717, 1.165) is 6.26 Å². The lowest BCUT2D eigenvalue weighted by molar-refractivity contribution is 0.0571. The molecule has 0 aliphatic carbocycles. The highest BCUT2D eigenvalue weighted by Crippen LogP contribution is 2.20. The summed E-state index contributed by atoms with van der Waals surface area (Å²) in [6.45, 7) is 6.03. The van der Waals surface area contributed by atoms with Gasteiger partial charge in [0.05, 0.1) is 12.4 Å². The van der Waals surface area contributed by atoms with Gasteiger partial charge in [-0.1, -0.05) is 20.8 Å². The van der Waals surface area contributed by atoms with Gasteiger partial charge in [0.1, 0.15) is 0 Å². The maximum absolute atomic E-state index is 10.7. The minimum atomic E-state index is -3.13. The van der Waals surface area contributed by atoms with E-state index in [9.17, 15) is 13.5 Å². The molecule has 4 nitrogen and oxygen atoms in total. The largest absolute Gasteiger partial charge is 0.393 e. The Balaban J connectivity index is 3.80. The fraction of sp³-hybridized carbons (Fsp3) is 1.00. The third kappa shape index (κ3) is 6.98. The van der Waals surface area contributed by atoms with E-state index in [0.29, 0.717) is 6.42 Å². The van der Waals surface area contributed by atoms with Crippen molar-refractivity contribution in [2.75, 3.05) is 12.8 Å². The molecule has 0 spiro atoms. The van der Waals surface area contributed by atoms with Crippen LogP contribution in [0.3, 0.4) is 0 Å². The number of nitrogens with one attached hydrogen (secondary N) is 1. The molecule has 0 rings (SSSR count). The molecular formula is C8H19NO3S. The van der Waals surface area contributed by atoms with Gasteiger partial charge in [0.2, 0.25) is 10.0 Å². The van der Waals surface area contributed by atoms with Crippen molar-refractivity contribution in [3.63, 3.8) is 0 Å². The van der Waals surface area contributed by atoms with Gasteiger partial charge in [0.15, 0.2) is 0 Å². The Morgan fingerprint density at radius 2 is 1.85 bits per heavy atom. The second kappa shape index (κ2) is 4.39. The normalized spacial score (nSPS) is 15.8. The highest BCUT2D eigenvalue weighted by atomic mass is 32.2. The van der Waals surface area contributed by atoms with Crippen molar-refractivity contribution in [3.8, 4) is 0 Å². The smallest absolute Gasteiger partial charge is 0.208 e. The van der Waals surface area contributed by atoms with Gasteiger partial charge in [-0.05, 0) is 11.8 Å². The van der Waals surface area contributed by atoms with Crippen molar-refractivity contribution in [3.05, 3.63) is 0 Å². The molecule has 80 valence electrons. The third-order valence-electron chi connectivity index (χ3n) is 1.78. The zero-order chi connectivity index (χ0) is 10.7. The van der Waals surface area contributed by atoms with Gasteiger partial charge in [-0.3, -0.25) is 0 Å². The first kappa shape index (κ1) is 12.9. The second-order valence-corrected chi connectivity index (χ2v) is 6.17. The van der Waals surface area contributed by atoms with E-state index in [1.54, 1.807) is 0 Å². The van der Waals surface area contributed by atoms with Crippen LogP contribution < -0.4 is 4.72 Å². The molecule has 5 heteroatoms. The van der Waals surface area contributed by atoms with Gasteiger partial charge in [0.25, 0.3) is 0 Å². The highest BCUT2D eigenvalue weighted by Gasteiger charge is 2.21. The van der Waals surface area contributed by atoms with Crippen molar-refractivity contribution in [2.24, 2.45) is 5.41 Å². The Morgan fingerprint density at radius 1 is 1.38 bits per heavy atom. The number of aliphatic hydroxyl groups excluding tert-OH is 1. The first-order valence-corrected chi connectivity index (χ1v) is 6.15. The minimum absolute atomic E-state index is 0.195. The van der Waals surface area contributed by atoms with E-state index >= 15 is 0 Å². The number of hydrogen-bond acceptors (Lipinski definition) is 3. The summed E-state index contributed by atoms with van der Waals surface area (Å²) < 4.78 is 23.7. The number of hydrogen-bond donors (Lipinski definition) is 2. The van der Waals surface area contributed by atoms with Crippen molar-refractivity contribution in [2.45, 2.75) is 33.3 Å². The summed E-state index contributed by atoms with van der Waals surface area (Å²) >= 11 is 0. The molecule has 0 heterocycles. The van der Waals surface area contributed by atoms with Gasteiger partial charge in [0, 0.05) is 6.54 Å². The summed E-state index contributed by atoms with van der Waals surface area (Å²) in [5, 5.41) is 9.55. The van der Waals surface area contributed by atoms with Crippen molar-refractivity contribution in [1.29, 1.82) is 0 Å². The zero-order valence-electron chi connectivity index (χ0n) is 8.66. The standard InChI is InChI=1S/C8H19NO3S/c1-8(2,3)7(10)5-6-9-13(4,11)12/h7,9-10H,5-6H2,1-4H3/t7-/m0/s1. The molecule has 0 aromatic heterocycles. The molecule has 0 aliphatic heterocycles. The van der Waals surface area contributed by atoms with E-state index in [2.05, 4.69) is 4.72 Å². The SMILES string of the molecule is CC(C)(C)[C@@H](O)CCNS(C)(=O)=O. The fourth-order valence-electron chi connectivity index (χ4n) is 0.814. The van der Waals surface area contributed by atoms with Crippen LogP contribution in [0, 0.1) is 5.41 Å². The topological polar surface area (TPSA) is 66.4 Å². The average Bonchev–Trinajstić information content (AvgIpc) is 1.82. The number of aliphatic hydroxyl groups is 1. The van der Waals surface area contributed by atoms with Crippen LogP contribution in [-0.2, 0) is 10.0 Å². The third-order valence-corrected chi connectivity index (χ3v) is 2.51. The molecule has 0 bridgehead atoms. The van der Waals surface area contributed by atoms with Gasteiger partial charge in [-0.25, -0.2) is 13.1 Å². The van der Waals surface area contributed by atoms with Crippen molar-refractivity contribution >= 4 is 10.0 Å². The number of rotatable bonds is 4. The number of sulfonamides is 1. The van der Waals surface area contributed by atoms with Crippen LogP contribution in [-0.4, -0.2) is 32.4 Å². The molecule has 0 unspecified atom stereocenters. The van der Waals surface area contributed by atoms with Crippen LogP contribution >= 0.6 is 0 Å². The zero-order valence-corrected chi connectivity index (χ0v) is 9.48. The van der Waals surface area contributed by atoms with E-state index in [1.807, 2.05) is 20.8 Å². The molecule has 1 atom stereocenters. The first-order chi connectivity index (χ1) is 5.63. The molecule has 0 radical (unpaired) electrons. The monoisotopic (exact) mass is 209 g/mol. The van der Waals surface area contributed by atoms with Gasteiger partial charge >= 0.3 is 0 Å². The molecule has 0 saturated heterocycles. The van der Waals surface area contributed by atoms with Crippen molar-refractivity contribution in [1.82, 2.24) is 4.72 Å². The summed E-state index contributed by atoms with van der Waals surface area (Å²) in [7, 11) is -3.13. The maximum atomic E-state index is 10.7. The lowest BCUT2D eigenvalue weighted by Gasteiger charge is -2.25. The van der Waals surface area contributed by atoms with Gasteiger partial charge < -0.3 is 5.11 Å². The van der Waals surface area contributed by atoms with Gasteiger partial charge in [-0.15, -0.1) is 0 Å². The second-order valence-electron chi connectivity index (χ2n) is 4.34. The van der Waals surface area contributed by atoms with E-state index in [1.165, 1.54) is 0 Å². The lowest BCUT2D eigenvalue weighted by atomic mass is 9.87. The summed E-state index contributed by atoms with van der Waals surface area (Å²) in [5.74, 6) is 0. The molecule has 2 N–H and O–H groups in total. The first-order valence-electron chi connectivity index (χ1n) is 4.25. The summed E-state index contributed by atoms with van der Waals surface area (Å²) in [6.07, 6.45) is 1.06. The molecule has 0 aliphatic rings. The van der Waals surface area contributed by atoms with Crippen LogP contribution in [0.4, 0.5) is 0 Å². The van der Waals surface area contributed by atoms with Crippen LogP contribution in [0.1, 0.15) is 27.2 Å². The minimum Gasteiger partial charge on any atom is -0.393 e. The molecule has 0 saturated carbocycles. The van der Waals surface area contributed by atoms with Crippen LogP contribution in [0.2, 0.25) is 0 Å². The van der Waals surface area contributed by atoms with E-state index in [-0.39, 0.29) is 12.0 Å². The molecule has 0 aromatic rings. The average molecular weight is 209 g/mol. The fourth-order valence-corrected chi connectivity index (χ4v) is 1.30. The molecular weight excluding hydrogens is 190 g/mol. The molecule has 0 aromatic carbocycles. The summed E-state index contributed by atoms with van der Waals surface area (Å²) in [5.41, 5.74) is -0.195. The molecule has 13 heavy (non-hydrogen) atoms. The summed E-state index contributed by atoms with van der Waals surface area (Å²) in [6, 6.07) is 0. The molecule has 0 amide bonds.